The van der Waals surface area contributed by atoms with Crippen molar-refractivity contribution in [1.82, 2.24) is 10.4 Å². The molecule has 1 aliphatic rings. The topological polar surface area (TPSA) is 50.9 Å². The largest absolute Gasteiger partial charge is 0.271 e. The SMILES string of the molecule is CC1CCC(C(NN)c2ccc(Cl)nc2)CC1C. The number of aromatic nitrogens is 1. The van der Waals surface area contributed by atoms with E-state index in [0.29, 0.717) is 11.1 Å². The van der Waals surface area contributed by atoms with Gasteiger partial charge >= 0.3 is 0 Å². The fraction of sp³-hybridized carbons (Fsp3) is 0.643. The van der Waals surface area contributed by atoms with Crippen LogP contribution in [-0.4, -0.2) is 4.98 Å². The molecule has 1 aliphatic carbocycles. The van der Waals surface area contributed by atoms with Crippen LogP contribution >= 0.6 is 11.6 Å². The number of hydrogen-bond acceptors (Lipinski definition) is 3. The number of nitrogens with zero attached hydrogens (tertiary/aromatic N) is 1. The van der Waals surface area contributed by atoms with E-state index in [4.69, 9.17) is 17.4 Å². The smallest absolute Gasteiger partial charge is 0.129 e. The van der Waals surface area contributed by atoms with E-state index in [1.807, 2.05) is 18.3 Å². The van der Waals surface area contributed by atoms with Gasteiger partial charge in [-0.05, 0) is 42.2 Å². The van der Waals surface area contributed by atoms with Crippen LogP contribution in [0.25, 0.3) is 0 Å². The number of halogens is 1. The number of nitrogens with one attached hydrogen (secondary N) is 1. The predicted octanol–water partition coefficient (Wildman–Crippen LogP) is 3.31. The van der Waals surface area contributed by atoms with Crippen LogP contribution < -0.4 is 11.3 Å². The molecule has 3 N–H and O–H groups in total. The quantitative estimate of drug-likeness (QED) is 0.502. The molecule has 0 aliphatic heterocycles. The highest BCUT2D eigenvalue weighted by Gasteiger charge is 2.30. The summed E-state index contributed by atoms with van der Waals surface area (Å²) in [6.07, 6.45) is 5.56. The normalized spacial score (nSPS) is 30.1. The van der Waals surface area contributed by atoms with Crippen LogP contribution in [-0.2, 0) is 0 Å². The number of pyridine rings is 1. The van der Waals surface area contributed by atoms with E-state index < -0.39 is 0 Å². The van der Waals surface area contributed by atoms with E-state index in [2.05, 4.69) is 24.3 Å². The lowest BCUT2D eigenvalue weighted by molar-refractivity contribution is 0.171. The molecule has 0 radical (unpaired) electrons. The molecule has 2 rings (SSSR count). The lowest BCUT2D eigenvalue weighted by Crippen LogP contribution is -2.37. The molecule has 0 amide bonds. The van der Waals surface area contributed by atoms with E-state index in [1.54, 1.807) is 0 Å². The Morgan fingerprint density at radius 1 is 1.33 bits per heavy atom. The molecule has 0 spiro atoms. The van der Waals surface area contributed by atoms with Gasteiger partial charge in [-0.2, -0.15) is 0 Å². The van der Waals surface area contributed by atoms with Gasteiger partial charge in [-0.1, -0.05) is 37.9 Å². The Morgan fingerprint density at radius 3 is 2.67 bits per heavy atom. The molecule has 0 bridgehead atoms. The van der Waals surface area contributed by atoms with Crippen molar-refractivity contribution < 1.29 is 0 Å². The Bertz CT molecular complexity index is 379. The number of hydrazine groups is 1. The third kappa shape index (κ3) is 3.02. The highest BCUT2D eigenvalue weighted by molar-refractivity contribution is 6.29. The van der Waals surface area contributed by atoms with Gasteiger partial charge in [-0.3, -0.25) is 11.3 Å². The van der Waals surface area contributed by atoms with Gasteiger partial charge in [0.2, 0.25) is 0 Å². The molecular formula is C14H22ClN3. The summed E-state index contributed by atoms with van der Waals surface area (Å²) in [4.78, 5) is 4.15. The van der Waals surface area contributed by atoms with Gasteiger partial charge < -0.3 is 0 Å². The van der Waals surface area contributed by atoms with Crippen molar-refractivity contribution in [2.75, 3.05) is 0 Å². The molecule has 1 aromatic rings. The fourth-order valence-corrected chi connectivity index (χ4v) is 3.08. The maximum atomic E-state index is 5.82. The van der Waals surface area contributed by atoms with Crippen molar-refractivity contribution in [2.24, 2.45) is 23.6 Å². The average Bonchev–Trinajstić information content (AvgIpc) is 2.37. The maximum Gasteiger partial charge on any atom is 0.129 e. The van der Waals surface area contributed by atoms with Crippen molar-refractivity contribution in [3.05, 3.63) is 29.0 Å². The van der Waals surface area contributed by atoms with Crippen molar-refractivity contribution in [2.45, 2.75) is 39.2 Å². The number of nitrogens with two attached hydrogens (primary N) is 1. The van der Waals surface area contributed by atoms with Crippen molar-refractivity contribution in [3.8, 4) is 0 Å². The first-order valence-electron chi connectivity index (χ1n) is 6.69. The molecule has 100 valence electrons. The maximum absolute atomic E-state index is 5.82. The van der Waals surface area contributed by atoms with Gasteiger partial charge in [-0.25, -0.2) is 4.98 Å². The second kappa shape index (κ2) is 6.00. The Kier molecular flexibility index (Phi) is 4.60. The third-order valence-electron chi connectivity index (χ3n) is 4.40. The van der Waals surface area contributed by atoms with Gasteiger partial charge in [0.05, 0.1) is 6.04 Å². The molecule has 4 unspecified atom stereocenters. The molecule has 4 atom stereocenters. The van der Waals surface area contributed by atoms with Gasteiger partial charge in [0, 0.05) is 6.20 Å². The number of rotatable bonds is 3. The van der Waals surface area contributed by atoms with Crippen LogP contribution in [0.5, 0.6) is 0 Å². The van der Waals surface area contributed by atoms with Crippen molar-refractivity contribution in [1.29, 1.82) is 0 Å². The molecule has 1 heterocycles. The molecule has 0 aromatic carbocycles. The fourth-order valence-electron chi connectivity index (χ4n) is 2.97. The highest BCUT2D eigenvalue weighted by Crippen LogP contribution is 2.39. The standard InChI is InChI=1S/C14H22ClN3/c1-9-3-4-11(7-10(9)2)14(18-16)12-5-6-13(15)17-8-12/h5-6,8-11,14,18H,3-4,7,16H2,1-2H3. The molecule has 4 heteroatoms. The summed E-state index contributed by atoms with van der Waals surface area (Å²) in [6.45, 7) is 4.68. The first-order chi connectivity index (χ1) is 8.61. The molecule has 1 fully saturated rings. The summed E-state index contributed by atoms with van der Waals surface area (Å²) in [5, 5.41) is 0.528. The van der Waals surface area contributed by atoms with E-state index in [0.717, 1.165) is 17.4 Å². The van der Waals surface area contributed by atoms with Crippen LogP contribution in [0, 0.1) is 17.8 Å². The van der Waals surface area contributed by atoms with Gasteiger partial charge in [0.1, 0.15) is 5.15 Å². The third-order valence-corrected chi connectivity index (χ3v) is 4.62. The Balaban J connectivity index is 2.11. The molecule has 18 heavy (non-hydrogen) atoms. The van der Waals surface area contributed by atoms with Crippen LogP contribution in [0.15, 0.2) is 18.3 Å². The lowest BCUT2D eigenvalue weighted by atomic mass is 9.72. The lowest BCUT2D eigenvalue weighted by Gasteiger charge is -2.36. The minimum absolute atomic E-state index is 0.185. The van der Waals surface area contributed by atoms with Crippen LogP contribution in [0.1, 0.15) is 44.7 Å². The van der Waals surface area contributed by atoms with Gasteiger partial charge in [0.25, 0.3) is 0 Å². The first-order valence-corrected chi connectivity index (χ1v) is 7.07. The van der Waals surface area contributed by atoms with E-state index in [9.17, 15) is 0 Å². The summed E-state index contributed by atoms with van der Waals surface area (Å²) >= 11 is 5.82. The zero-order chi connectivity index (χ0) is 13.1. The predicted molar refractivity (Wildman–Crippen MR) is 75.0 cm³/mol. The summed E-state index contributed by atoms with van der Waals surface area (Å²) < 4.78 is 0. The second-order valence-corrected chi connectivity index (χ2v) is 5.97. The number of hydrogen-bond donors (Lipinski definition) is 2. The van der Waals surface area contributed by atoms with E-state index in [1.165, 1.54) is 19.3 Å². The summed E-state index contributed by atoms with van der Waals surface area (Å²) in [5.41, 5.74) is 4.09. The average molecular weight is 268 g/mol. The van der Waals surface area contributed by atoms with Gasteiger partial charge in [0.15, 0.2) is 0 Å². The zero-order valence-electron chi connectivity index (χ0n) is 11.1. The van der Waals surface area contributed by atoms with Crippen molar-refractivity contribution >= 4 is 11.6 Å². The van der Waals surface area contributed by atoms with E-state index in [-0.39, 0.29) is 6.04 Å². The van der Waals surface area contributed by atoms with Crippen LogP contribution in [0.3, 0.4) is 0 Å². The van der Waals surface area contributed by atoms with Gasteiger partial charge in [-0.15, -0.1) is 0 Å². The summed E-state index contributed by atoms with van der Waals surface area (Å²) in [6, 6.07) is 4.03. The summed E-state index contributed by atoms with van der Waals surface area (Å²) in [5.74, 6) is 7.92. The molecule has 1 saturated carbocycles. The monoisotopic (exact) mass is 267 g/mol. The molecular weight excluding hydrogens is 246 g/mol. The second-order valence-electron chi connectivity index (χ2n) is 5.59. The zero-order valence-corrected chi connectivity index (χ0v) is 11.8. The molecule has 0 saturated heterocycles. The minimum atomic E-state index is 0.185. The van der Waals surface area contributed by atoms with Crippen molar-refractivity contribution in [3.63, 3.8) is 0 Å². The van der Waals surface area contributed by atoms with Crippen LogP contribution in [0.4, 0.5) is 0 Å². The first kappa shape index (κ1) is 13.8. The Morgan fingerprint density at radius 2 is 2.11 bits per heavy atom. The molecule has 3 nitrogen and oxygen atoms in total. The minimum Gasteiger partial charge on any atom is -0.271 e. The Labute approximate surface area is 114 Å². The van der Waals surface area contributed by atoms with Crippen LogP contribution in [0.2, 0.25) is 5.15 Å². The molecule has 1 aromatic heterocycles. The van der Waals surface area contributed by atoms with E-state index >= 15 is 0 Å². The summed E-state index contributed by atoms with van der Waals surface area (Å²) in [7, 11) is 0. The Hall–Kier alpha value is -0.640. The highest BCUT2D eigenvalue weighted by atomic mass is 35.5.